The van der Waals surface area contributed by atoms with Gasteiger partial charge in [-0.1, -0.05) is 23.9 Å². The number of Topliss-reactive ketones (excluding diaryl/α,β-unsaturated/α-hetero) is 1. The van der Waals surface area contributed by atoms with E-state index in [-0.39, 0.29) is 11.7 Å². The molecule has 0 aliphatic carbocycles. The van der Waals surface area contributed by atoms with Crippen molar-refractivity contribution in [1.29, 1.82) is 0 Å². The van der Waals surface area contributed by atoms with Gasteiger partial charge < -0.3 is 14.8 Å². The fourth-order valence-electron chi connectivity index (χ4n) is 3.56. The van der Waals surface area contributed by atoms with Gasteiger partial charge in [-0.2, -0.15) is 0 Å². The number of thioether (sulfide) groups is 1. The second kappa shape index (κ2) is 11.1. The molecule has 1 N–H and O–H groups in total. The summed E-state index contributed by atoms with van der Waals surface area (Å²) < 4.78 is 2.03. The van der Waals surface area contributed by atoms with Crippen LogP contribution >= 0.6 is 11.8 Å². The van der Waals surface area contributed by atoms with Crippen molar-refractivity contribution in [1.82, 2.24) is 14.8 Å². The van der Waals surface area contributed by atoms with E-state index >= 15 is 0 Å². The van der Waals surface area contributed by atoms with Crippen LogP contribution in [0.5, 0.6) is 0 Å². The monoisotopic (exact) mass is 465 g/mol. The van der Waals surface area contributed by atoms with E-state index in [2.05, 4.69) is 58.5 Å². The third kappa shape index (κ3) is 5.82. The van der Waals surface area contributed by atoms with Crippen LogP contribution in [-0.2, 0) is 11.3 Å². The van der Waals surface area contributed by atoms with Gasteiger partial charge in [-0.25, -0.2) is 0 Å². The molecule has 7 nitrogen and oxygen atoms in total. The minimum atomic E-state index is -0.390. The van der Waals surface area contributed by atoms with Crippen molar-refractivity contribution in [3.8, 4) is 11.4 Å². The van der Waals surface area contributed by atoms with Crippen LogP contribution in [0.1, 0.15) is 45.0 Å². The van der Waals surface area contributed by atoms with Gasteiger partial charge in [0.05, 0.1) is 5.25 Å². The first-order chi connectivity index (χ1) is 15.9. The molecular formula is C25H31N5O2S. The molecule has 1 heterocycles. The normalized spacial score (nSPS) is 11.8. The second-order valence-electron chi connectivity index (χ2n) is 7.66. The van der Waals surface area contributed by atoms with Gasteiger partial charge >= 0.3 is 0 Å². The Balaban J connectivity index is 1.73. The number of carbonyl (C=O) groups is 2. The number of benzene rings is 2. The Labute approximate surface area is 199 Å². The van der Waals surface area contributed by atoms with Gasteiger partial charge in [0.25, 0.3) is 0 Å². The quantitative estimate of drug-likeness (QED) is 0.330. The van der Waals surface area contributed by atoms with Gasteiger partial charge in [0, 0.05) is 42.1 Å². The molecule has 0 fully saturated rings. The van der Waals surface area contributed by atoms with Gasteiger partial charge in [-0.3, -0.25) is 9.59 Å². The molecule has 0 spiro atoms. The summed E-state index contributed by atoms with van der Waals surface area (Å²) in [7, 11) is 0. The van der Waals surface area contributed by atoms with Crippen molar-refractivity contribution in [2.75, 3.05) is 23.3 Å². The van der Waals surface area contributed by atoms with Crippen molar-refractivity contribution < 1.29 is 9.59 Å². The van der Waals surface area contributed by atoms with E-state index < -0.39 is 5.25 Å². The average Bonchev–Trinajstić information content (AvgIpc) is 3.22. The van der Waals surface area contributed by atoms with Crippen LogP contribution in [0, 0.1) is 0 Å². The topological polar surface area (TPSA) is 80.1 Å². The maximum atomic E-state index is 12.8. The zero-order valence-electron chi connectivity index (χ0n) is 19.8. The van der Waals surface area contributed by atoms with Gasteiger partial charge in [0.2, 0.25) is 5.91 Å². The Morgan fingerprint density at radius 1 is 1.06 bits per heavy atom. The number of aromatic nitrogens is 3. The Kier molecular flexibility index (Phi) is 8.27. The third-order valence-corrected chi connectivity index (χ3v) is 6.56. The molecule has 174 valence electrons. The highest BCUT2D eigenvalue weighted by Gasteiger charge is 2.21. The van der Waals surface area contributed by atoms with E-state index in [1.165, 1.54) is 24.4 Å². The Hall–Kier alpha value is -3.13. The lowest BCUT2D eigenvalue weighted by Gasteiger charge is -2.21. The van der Waals surface area contributed by atoms with Crippen LogP contribution in [0.15, 0.2) is 53.7 Å². The van der Waals surface area contributed by atoms with Gasteiger partial charge in [-0.05, 0) is 71.0 Å². The van der Waals surface area contributed by atoms with E-state index in [4.69, 9.17) is 0 Å². The predicted molar refractivity (Wildman–Crippen MR) is 135 cm³/mol. The molecule has 1 amide bonds. The number of carbonyl (C=O) groups excluding carboxylic acids is 2. The number of rotatable bonds is 10. The molecule has 0 saturated heterocycles. The average molecular weight is 466 g/mol. The molecule has 3 aromatic rings. The summed E-state index contributed by atoms with van der Waals surface area (Å²) in [4.78, 5) is 26.6. The Morgan fingerprint density at radius 2 is 1.76 bits per heavy atom. The van der Waals surface area contributed by atoms with E-state index in [9.17, 15) is 9.59 Å². The molecule has 0 aliphatic heterocycles. The molecule has 8 heteroatoms. The zero-order chi connectivity index (χ0) is 24.0. The first-order valence-corrected chi connectivity index (χ1v) is 12.1. The van der Waals surface area contributed by atoms with Crippen LogP contribution in [0.3, 0.4) is 0 Å². The summed E-state index contributed by atoms with van der Waals surface area (Å²) in [6, 6.07) is 15.3. The lowest BCUT2D eigenvalue weighted by Crippen LogP contribution is -2.23. The molecule has 2 aromatic carbocycles. The molecule has 0 aliphatic rings. The highest BCUT2D eigenvalue weighted by Crippen LogP contribution is 2.28. The van der Waals surface area contributed by atoms with Gasteiger partial charge in [0.1, 0.15) is 0 Å². The molecular weight excluding hydrogens is 434 g/mol. The fraction of sp³-hybridized carbons (Fsp3) is 0.360. The standard InChI is InChI=1S/C25H31N5O2S/c1-6-29(7-2)22-14-12-19(13-15-22)23-27-28-25(30(23)8-3)33-18(5)24(32)26-21-11-9-10-20(16-21)17(4)31/h9-16,18H,6-8H2,1-5H3,(H,26,32). The van der Waals surface area contributed by atoms with Gasteiger partial charge in [0.15, 0.2) is 16.8 Å². The highest BCUT2D eigenvalue weighted by atomic mass is 32.2. The molecule has 0 bridgehead atoms. The Bertz CT molecular complexity index is 1110. The first kappa shape index (κ1) is 24.5. The lowest BCUT2D eigenvalue weighted by molar-refractivity contribution is -0.115. The van der Waals surface area contributed by atoms with Gasteiger partial charge in [-0.15, -0.1) is 10.2 Å². The number of ketones is 1. The van der Waals surface area contributed by atoms with Crippen molar-refractivity contribution in [3.05, 3.63) is 54.1 Å². The van der Waals surface area contributed by atoms with Crippen LogP contribution in [0.4, 0.5) is 11.4 Å². The van der Waals surface area contributed by atoms with E-state index in [0.29, 0.717) is 23.0 Å². The molecule has 0 saturated carbocycles. The minimum absolute atomic E-state index is 0.0396. The van der Waals surface area contributed by atoms with Crippen LogP contribution < -0.4 is 10.2 Å². The van der Waals surface area contributed by atoms with Crippen LogP contribution in [0.25, 0.3) is 11.4 Å². The molecule has 33 heavy (non-hydrogen) atoms. The number of hydrogen-bond acceptors (Lipinski definition) is 6. The van der Waals surface area contributed by atoms with Crippen molar-refractivity contribution in [2.45, 2.75) is 51.6 Å². The number of hydrogen-bond donors (Lipinski definition) is 1. The van der Waals surface area contributed by atoms with E-state index in [1.807, 2.05) is 18.4 Å². The summed E-state index contributed by atoms with van der Waals surface area (Å²) in [6.07, 6.45) is 0. The minimum Gasteiger partial charge on any atom is -0.372 e. The SMILES string of the molecule is CCN(CC)c1ccc(-c2nnc(SC(C)C(=O)Nc3cccc(C(C)=O)c3)n2CC)cc1. The summed E-state index contributed by atoms with van der Waals surface area (Å²) >= 11 is 1.37. The summed E-state index contributed by atoms with van der Waals surface area (Å²) in [5.41, 5.74) is 3.34. The first-order valence-electron chi connectivity index (χ1n) is 11.2. The molecule has 0 radical (unpaired) electrons. The lowest BCUT2D eigenvalue weighted by atomic mass is 10.1. The zero-order valence-corrected chi connectivity index (χ0v) is 20.6. The maximum Gasteiger partial charge on any atom is 0.237 e. The van der Waals surface area contributed by atoms with Crippen molar-refractivity contribution >= 4 is 34.8 Å². The summed E-state index contributed by atoms with van der Waals surface area (Å²) in [6.45, 7) is 12.3. The number of anilines is 2. The summed E-state index contributed by atoms with van der Waals surface area (Å²) in [5.74, 6) is 0.589. The second-order valence-corrected chi connectivity index (χ2v) is 8.96. The highest BCUT2D eigenvalue weighted by molar-refractivity contribution is 8.00. The summed E-state index contributed by atoms with van der Waals surface area (Å²) in [5, 5.41) is 12.0. The van der Waals surface area contributed by atoms with Crippen LogP contribution in [0.2, 0.25) is 0 Å². The maximum absolute atomic E-state index is 12.8. The smallest absolute Gasteiger partial charge is 0.237 e. The molecule has 3 rings (SSSR count). The number of nitrogens with one attached hydrogen (secondary N) is 1. The van der Waals surface area contributed by atoms with Crippen LogP contribution in [-0.4, -0.2) is 44.8 Å². The van der Waals surface area contributed by atoms with Crippen molar-refractivity contribution in [2.24, 2.45) is 0 Å². The predicted octanol–water partition coefficient (Wildman–Crippen LogP) is 5.13. The van der Waals surface area contributed by atoms with E-state index in [0.717, 1.165) is 24.5 Å². The van der Waals surface area contributed by atoms with Crippen molar-refractivity contribution in [3.63, 3.8) is 0 Å². The fourth-order valence-corrected chi connectivity index (χ4v) is 4.47. The molecule has 1 aromatic heterocycles. The Morgan fingerprint density at radius 3 is 2.36 bits per heavy atom. The number of nitrogens with zero attached hydrogens (tertiary/aromatic N) is 4. The third-order valence-electron chi connectivity index (χ3n) is 5.48. The molecule has 1 unspecified atom stereocenters. The molecule has 1 atom stereocenters. The van der Waals surface area contributed by atoms with E-state index in [1.54, 1.807) is 24.3 Å². The largest absolute Gasteiger partial charge is 0.372 e. The number of amides is 1.